The maximum absolute atomic E-state index is 12.8. The van der Waals surface area contributed by atoms with Crippen molar-refractivity contribution < 1.29 is 21.9 Å². The van der Waals surface area contributed by atoms with E-state index in [1.54, 1.807) is 19.1 Å². The molecular formula is C15H22O5S2. The molecule has 2 atom stereocenters. The van der Waals surface area contributed by atoms with Crippen LogP contribution in [0.3, 0.4) is 0 Å². The molecule has 22 heavy (non-hydrogen) atoms. The lowest BCUT2D eigenvalue weighted by Gasteiger charge is -2.22. The summed E-state index contributed by atoms with van der Waals surface area (Å²) in [6.45, 7) is 7.60. The Labute approximate surface area is 132 Å². The molecule has 0 aliphatic carbocycles. The molecule has 1 N–H and O–H groups in total. The fourth-order valence-electron chi connectivity index (χ4n) is 2.63. The van der Waals surface area contributed by atoms with Gasteiger partial charge in [0.25, 0.3) is 0 Å². The Bertz CT molecular complexity index is 786. The first-order chi connectivity index (χ1) is 9.84. The van der Waals surface area contributed by atoms with Crippen molar-refractivity contribution >= 4 is 19.7 Å². The zero-order chi connectivity index (χ0) is 16.9. The highest BCUT2D eigenvalue weighted by Gasteiger charge is 2.45. The van der Waals surface area contributed by atoms with E-state index in [1.165, 1.54) is 0 Å². The van der Waals surface area contributed by atoms with E-state index in [0.717, 1.165) is 5.56 Å². The number of hydrogen-bond donors (Lipinski definition) is 1. The average molecular weight is 346 g/mol. The minimum absolute atomic E-state index is 0.112. The van der Waals surface area contributed by atoms with Crippen molar-refractivity contribution in [1.82, 2.24) is 0 Å². The molecule has 0 amide bonds. The second-order valence-electron chi connectivity index (χ2n) is 6.96. The third-order valence-corrected chi connectivity index (χ3v) is 8.29. The van der Waals surface area contributed by atoms with E-state index in [9.17, 15) is 21.9 Å². The molecule has 1 aromatic rings. The van der Waals surface area contributed by atoms with Crippen LogP contribution in [0.25, 0.3) is 0 Å². The topological polar surface area (TPSA) is 88.5 Å². The number of aryl methyl sites for hydroxylation is 1. The fourth-order valence-corrected chi connectivity index (χ4v) is 7.35. The minimum Gasteiger partial charge on any atom is -0.391 e. The molecule has 2 rings (SSSR count). The highest BCUT2D eigenvalue weighted by Crippen LogP contribution is 2.31. The predicted molar refractivity (Wildman–Crippen MR) is 85.5 cm³/mol. The van der Waals surface area contributed by atoms with E-state index in [2.05, 4.69) is 0 Å². The number of aliphatic hydroxyl groups is 1. The maximum Gasteiger partial charge on any atom is 0.185 e. The highest BCUT2D eigenvalue weighted by atomic mass is 32.2. The van der Waals surface area contributed by atoms with Crippen molar-refractivity contribution in [2.75, 3.05) is 11.5 Å². The van der Waals surface area contributed by atoms with Crippen LogP contribution in [0.4, 0.5) is 0 Å². The van der Waals surface area contributed by atoms with Gasteiger partial charge in [-0.25, -0.2) is 16.8 Å². The van der Waals surface area contributed by atoms with Crippen LogP contribution in [0, 0.1) is 6.92 Å². The van der Waals surface area contributed by atoms with E-state index < -0.39 is 42.5 Å². The maximum atomic E-state index is 12.8. The van der Waals surface area contributed by atoms with Crippen LogP contribution in [-0.2, 0) is 25.1 Å². The summed E-state index contributed by atoms with van der Waals surface area (Å²) in [4.78, 5) is 0.112. The molecule has 7 heteroatoms. The molecule has 0 unspecified atom stereocenters. The van der Waals surface area contributed by atoms with Crippen LogP contribution >= 0.6 is 0 Å². The quantitative estimate of drug-likeness (QED) is 0.870. The molecule has 1 aliphatic rings. The van der Waals surface area contributed by atoms with Gasteiger partial charge in [0.2, 0.25) is 0 Å². The smallest absolute Gasteiger partial charge is 0.185 e. The third-order valence-electron chi connectivity index (χ3n) is 4.03. The molecule has 1 aromatic carbocycles. The Balaban J connectivity index is 2.55. The Hall–Kier alpha value is -0.920. The molecular weight excluding hydrogens is 324 g/mol. The van der Waals surface area contributed by atoms with E-state index in [0.29, 0.717) is 5.56 Å². The summed E-state index contributed by atoms with van der Waals surface area (Å²) < 4.78 is 48.8. The molecule has 0 bridgehead atoms. The van der Waals surface area contributed by atoms with Gasteiger partial charge in [-0.2, -0.15) is 0 Å². The monoisotopic (exact) mass is 346 g/mol. The summed E-state index contributed by atoms with van der Waals surface area (Å²) in [5, 5.41) is 8.60. The average Bonchev–Trinajstić information content (AvgIpc) is 2.62. The lowest BCUT2D eigenvalue weighted by Crippen LogP contribution is -2.33. The van der Waals surface area contributed by atoms with Crippen molar-refractivity contribution in [3.63, 3.8) is 0 Å². The van der Waals surface area contributed by atoms with Crippen LogP contribution in [0.2, 0.25) is 0 Å². The van der Waals surface area contributed by atoms with Gasteiger partial charge in [0.15, 0.2) is 19.7 Å². The zero-order valence-electron chi connectivity index (χ0n) is 13.2. The molecule has 0 spiro atoms. The van der Waals surface area contributed by atoms with E-state index in [4.69, 9.17) is 0 Å². The second-order valence-corrected chi connectivity index (χ2v) is 11.2. The summed E-state index contributed by atoms with van der Waals surface area (Å²) in [7, 11) is -7.42. The lowest BCUT2D eigenvalue weighted by atomic mass is 9.87. The van der Waals surface area contributed by atoms with Crippen molar-refractivity contribution in [3.8, 4) is 0 Å². The van der Waals surface area contributed by atoms with Crippen LogP contribution in [0.15, 0.2) is 23.1 Å². The second kappa shape index (κ2) is 5.32. The van der Waals surface area contributed by atoms with Gasteiger partial charge in [-0.3, -0.25) is 0 Å². The largest absolute Gasteiger partial charge is 0.391 e. The number of sulfone groups is 2. The van der Waals surface area contributed by atoms with E-state index in [-0.39, 0.29) is 10.3 Å². The van der Waals surface area contributed by atoms with Crippen LogP contribution in [-0.4, -0.2) is 44.8 Å². The van der Waals surface area contributed by atoms with E-state index >= 15 is 0 Å². The third kappa shape index (κ3) is 3.21. The first-order valence-electron chi connectivity index (χ1n) is 7.08. The summed E-state index contributed by atoms with van der Waals surface area (Å²) in [5.41, 5.74) is 1.19. The first kappa shape index (κ1) is 17.4. The van der Waals surface area contributed by atoms with Gasteiger partial charge in [0.05, 0.1) is 22.5 Å². The molecule has 1 saturated heterocycles. The Kier molecular flexibility index (Phi) is 4.21. The van der Waals surface area contributed by atoms with Gasteiger partial charge in [0, 0.05) is 0 Å². The van der Waals surface area contributed by atoms with Crippen LogP contribution in [0.1, 0.15) is 31.9 Å². The molecule has 124 valence electrons. The van der Waals surface area contributed by atoms with Crippen molar-refractivity contribution in [2.24, 2.45) is 0 Å². The van der Waals surface area contributed by atoms with Crippen molar-refractivity contribution in [3.05, 3.63) is 29.3 Å². The number of aliphatic hydroxyl groups excluding tert-OH is 1. The SMILES string of the molecule is Cc1ccc(C(C)(C)C)cc1S(=O)(=O)[C@H]1CS(=O)(=O)C[C@H]1O. The molecule has 1 heterocycles. The Morgan fingerprint density at radius 1 is 1.18 bits per heavy atom. The predicted octanol–water partition coefficient (Wildman–Crippen LogP) is 1.22. The van der Waals surface area contributed by atoms with Gasteiger partial charge in [-0.15, -0.1) is 0 Å². The summed E-state index contributed by atoms with van der Waals surface area (Å²) in [5.74, 6) is -1.01. The molecule has 5 nitrogen and oxygen atoms in total. The van der Waals surface area contributed by atoms with Gasteiger partial charge in [0.1, 0.15) is 5.25 Å². The summed E-state index contributed by atoms with van der Waals surface area (Å²) >= 11 is 0. The summed E-state index contributed by atoms with van der Waals surface area (Å²) in [6.07, 6.45) is -1.37. The van der Waals surface area contributed by atoms with Gasteiger partial charge in [-0.1, -0.05) is 32.9 Å². The summed E-state index contributed by atoms with van der Waals surface area (Å²) in [6, 6.07) is 5.20. The van der Waals surface area contributed by atoms with Crippen molar-refractivity contribution in [1.29, 1.82) is 0 Å². The molecule has 1 fully saturated rings. The normalized spacial score (nSPS) is 25.3. The number of benzene rings is 1. The Morgan fingerprint density at radius 3 is 2.23 bits per heavy atom. The van der Waals surface area contributed by atoms with Crippen molar-refractivity contribution in [2.45, 2.75) is 49.4 Å². The highest BCUT2D eigenvalue weighted by molar-refractivity contribution is 7.96. The molecule has 0 radical (unpaired) electrons. The van der Waals surface area contributed by atoms with E-state index in [1.807, 2.05) is 26.8 Å². The molecule has 0 aromatic heterocycles. The minimum atomic E-state index is -3.90. The molecule has 0 saturated carbocycles. The van der Waals surface area contributed by atoms with Gasteiger partial charge < -0.3 is 5.11 Å². The fraction of sp³-hybridized carbons (Fsp3) is 0.600. The van der Waals surface area contributed by atoms with Gasteiger partial charge >= 0.3 is 0 Å². The molecule has 1 aliphatic heterocycles. The first-order valence-corrected chi connectivity index (χ1v) is 10.4. The van der Waals surface area contributed by atoms with Gasteiger partial charge in [-0.05, 0) is 29.5 Å². The standard InChI is InChI=1S/C15H22O5S2/c1-10-5-6-11(15(2,3)4)7-13(10)22(19,20)14-9-21(17,18)8-12(14)16/h5-7,12,14,16H,8-9H2,1-4H3/t12-,14+/m1/s1. The van der Waals surface area contributed by atoms with Crippen LogP contribution in [0.5, 0.6) is 0 Å². The number of rotatable bonds is 2. The lowest BCUT2D eigenvalue weighted by molar-refractivity contribution is 0.204. The zero-order valence-corrected chi connectivity index (χ0v) is 14.8. The Morgan fingerprint density at radius 2 is 1.77 bits per heavy atom. The number of hydrogen-bond acceptors (Lipinski definition) is 5. The van der Waals surface area contributed by atoms with Crippen LogP contribution < -0.4 is 0 Å².